The summed E-state index contributed by atoms with van der Waals surface area (Å²) >= 11 is 0. The lowest BCUT2D eigenvalue weighted by Crippen LogP contribution is -2.30. The van der Waals surface area contributed by atoms with Gasteiger partial charge in [0.25, 0.3) is 0 Å². The first-order valence-electron chi connectivity index (χ1n) is 8.88. The molecule has 0 atom stereocenters. The van der Waals surface area contributed by atoms with Gasteiger partial charge in [-0.3, -0.25) is 9.69 Å². The first-order chi connectivity index (χ1) is 12.8. The number of ether oxygens (including phenoxy) is 1. The summed E-state index contributed by atoms with van der Waals surface area (Å²) in [5.74, 6) is 0.341. The second kappa shape index (κ2) is 9.46. The normalized spacial score (nSPS) is 11.3. The van der Waals surface area contributed by atoms with Crippen LogP contribution in [0.3, 0.4) is 0 Å². The van der Waals surface area contributed by atoms with Crippen molar-refractivity contribution in [2.45, 2.75) is 39.8 Å². The van der Waals surface area contributed by atoms with Crippen LogP contribution in [0, 0.1) is 6.92 Å². The zero-order valence-corrected chi connectivity index (χ0v) is 16.1. The van der Waals surface area contributed by atoms with Crippen LogP contribution in [0.15, 0.2) is 42.5 Å². The lowest BCUT2D eigenvalue weighted by Gasteiger charge is -2.20. The Labute approximate surface area is 159 Å². The third kappa shape index (κ3) is 6.32. The quantitative estimate of drug-likeness (QED) is 0.720. The van der Waals surface area contributed by atoms with Gasteiger partial charge in [0.05, 0.1) is 6.54 Å². The van der Waals surface area contributed by atoms with Crippen LogP contribution in [-0.2, 0) is 11.3 Å². The molecule has 146 valence electrons. The molecule has 1 amide bonds. The van der Waals surface area contributed by atoms with Crippen LogP contribution in [-0.4, -0.2) is 31.0 Å². The highest BCUT2D eigenvalue weighted by Gasteiger charge is 2.14. The number of rotatable bonds is 8. The van der Waals surface area contributed by atoms with Crippen LogP contribution in [0.4, 0.5) is 14.5 Å². The summed E-state index contributed by atoms with van der Waals surface area (Å²) in [5.41, 5.74) is 3.93. The van der Waals surface area contributed by atoms with Gasteiger partial charge in [-0.15, -0.1) is 0 Å². The Morgan fingerprint density at radius 1 is 1.15 bits per heavy atom. The van der Waals surface area contributed by atoms with E-state index in [0.717, 1.165) is 22.4 Å². The third-order valence-corrected chi connectivity index (χ3v) is 4.21. The SMILES string of the molecule is Cc1cccc(C(C)C)c1NC(=O)CN(C)Cc1ccc(OC(F)F)cc1. The third-order valence-electron chi connectivity index (χ3n) is 4.21. The van der Waals surface area contributed by atoms with Gasteiger partial charge in [-0.2, -0.15) is 8.78 Å². The fourth-order valence-corrected chi connectivity index (χ4v) is 2.91. The number of amides is 1. The smallest absolute Gasteiger partial charge is 0.387 e. The van der Waals surface area contributed by atoms with Gasteiger partial charge in [0.15, 0.2) is 0 Å². The number of likely N-dealkylation sites (N-methyl/N-ethyl adjacent to an activating group) is 1. The average molecular weight is 376 g/mol. The number of alkyl halides is 2. The van der Waals surface area contributed by atoms with Gasteiger partial charge >= 0.3 is 6.61 Å². The van der Waals surface area contributed by atoms with Crippen molar-refractivity contribution in [3.8, 4) is 5.75 Å². The van der Waals surface area contributed by atoms with Crippen LogP contribution < -0.4 is 10.1 Å². The van der Waals surface area contributed by atoms with E-state index in [0.29, 0.717) is 12.5 Å². The number of aryl methyl sites for hydroxylation is 1. The van der Waals surface area contributed by atoms with Gasteiger partial charge in [0.1, 0.15) is 5.75 Å². The average Bonchev–Trinajstić information content (AvgIpc) is 2.57. The molecule has 0 heterocycles. The molecule has 0 bridgehead atoms. The molecule has 0 fully saturated rings. The molecule has 0 radical (unpaired) electrons. The number of para-hydroxylation sites is 1. The van der Waals surface area contributed by atoms with Crippen molar-refractivity contribution in [3.05, 3.63) is 59.2 Å². The van der Waals surface area contributed by atoms with Gasteiger partial charge in [-0.05, 0) is 48.7 Å². The highest BCUT2D eigenvalue weighted by atomic mass is 19.3. The van der Waals surface area contributed by atoms with Crippen molar-refractivity contribution in [2.75, 3.05) is 18.9 Å². The van der Waals surface area contributed by atoms with E-state index in [1.807, 2.05) is 37.1 Å². The number of hydrogen-bond donors (Lipinski definition) is 1. The molecular weight excluding hydrogens is 350 g/mol. The van der Waals surface area contributed by atoms with Gasteiger partial charge < -0.3 is 10.1 Å². The zero-order chi connectivity index (χ0) is 20.0. The van der Waals surface area contributed by atoms with Crippen molar-refractivity contribution in [3.63, 3.8) is 0 Å². The topological polar surface area (TPSA) is 41.6 Å². The van der Waals surface area contributed by atoms with Gasteiger partial charge in [-0.1, -0.05) is 44.2 Å². The van der Waals surface area contributed by atoms with Crippen LogP contribution in [0.25, 0.3) is 0 Å². The lowest BCUT2D eigenvalue weighted by atomic mass is 9.98. The Hall–Kier alpha value is -2.47. The molecule has 2 aromatic carbocycles. The zero-order valence-electron chi connectivity index (χ0n) is 16.1. The van der Waals surface area contributed by atoms with Crippen molar-refractivity contribution in [2.24, 2.45) is 0 Å². The van der Waals surface area contributed by atoms with E-state index >= 15 is 0 Å². The summed E-state index contributed by atoms with van der Waals surface area (Å²) in [4.78, 5) is 14.3. The van der Waals surface area contributed by atoms with Crippen LogP contribution in [0.2, 0.25) is 0 Å². The second-order valence-electron chi connectivity index (χ2n) is 6.94. The molecular formula is C21H26F2N2O2. The number of nitrogens with one attached hydrogen (secondary N) is 1. The highest BCUT2D eigenvalue weighted by molar-refractivity contribution is 5.93. The summed E-state index contributed by atoms with van der Waals surface area (Å²) < 4.78 is 28.7. The molecule has 0 spiro atoms. The number of hydrogen-bond acceptors (Lipinski definition) is 3. The Balaban J connectivity index is 1.94. The van der Waals surface area contributed by atoms with Gasteiger partial charge in [0, 0.05) is 12.2 Å². The summed E-state index contributed by atoms with van der Waals surface area (Å²) in [6.07, 6.45) is 0. The molecule has 6 heteroatoms. The Bertz CT molecular complexity index is 761. The van der Waals surface area contributed by atoms with Crippen LogP contribution >= 0.6 is 0 Å². The number of nitrogens with zero attached hydrogens (tertiary/aromatic N) is 1. The lowest BCUT2D eigenvalue weighted by molar-refractivity contribution is -0.117. The number of carbonyl (C=O) groups is 1. The Kier molecular flexibility index (Phi) is 7.30. The Morgan fingerprint density at radius 2 is 1.81 bits per heavy atom. The van der Waals surface area contributed by atoms with E-state index < -0.39 is 6.61 Å². The van der Waals surface area contributed by atoms with Crippen molar-refractivity contribution in [1.29, 1.82) is 0 Å². The number of benzene rings is 2. The fourth-order valence-electron chi connectivity index (χ4n) is 2.91. The molecule has 1 N–H and O–H groups in total. The first kappa shape index (κ1) is 20.8. The molecule has 0 aliphatic carbocycles. The van der Waals surface area contributed by atoms with Crippen molar-refractivity contribution < 1.29 is 18.3 Å². The molecule has 0 unspecified atom stereocenters. The van der Waals surface area contributed by atoms with E-state index in [1.54, 1.807) is 12.1 Å². The molecule has 0 aliphatic rings. The van der Waals surface area contributed by atoms with E-state index in [-0.39, 0.29) is 18.2 Å². The van der Waals surface area contributed by atoms with E-state index in [4.69, 9.17) is 0 Å². The minimum absolute atomic E-state index is 0.0913. The molecule has 0 aromatic heterocycles. The highest BCUT2D eigenvalue weighted by Crippen LogP contribution is 2.27. The number of anilines is 1. The molecule has 0 aliphatic heterocycles. The first-order valence-corrected chi connectivity index (χ1v) is 8.88. The molecule has 2 rings (SSSR count). The van der Waals surface area contributed by atoms with Crippen LogP contribution in [0.1, 0.15) is 36.5 Å². The molecule has 2 aromatic rings. The van der Waals surface area contributed by atoms with Crippen molar-refractivity contribution >= 4 is 11.6 Å². The Morgan fingerprint density at radius 3 is 2.41 bits per heavy atom. The minimum atomic E-state index is -2.83. The largest absolute Gasteiger partial charge is 0.435 e. The summed E-state index contributed by atoms with van der Waals surface area (Å²) in [6.45, 7) is 4.08. The fraction of sp³-hybridized carbons (Fsp3) is 0.381. The van der Waals surface area contributed by atoms with E-state index in [1.165, 1.54) is 12.1 Å². The predicted octanol–water partition coefficient (Wildman–Crippen LogP) is 4.79. The van der Waals surface area contributed by atoms with E-state index in [2.05, 4.69) is 23.9 Å². The maximum Gasteiger partial charge on any atom is 0.387 e. The maximum absolute atomic E-state index is 12.5. The number of halogens is 2. The number of carbonyl (C=O) groups excluding carboxylic acids is 1. The second-order valence-corrected chi connectivity index (χ2v) is 6.94. The molecule has 27 heavy (non-hydrogen) atoms. The standard InChI is InChI=1S/C21H26F2N2O2/c1-14(2)18-7-5-6-15(3)20(18)24-19(26)13-25(4)12-16-8-10-17(11-9-16)27-21(22)23/h5-11,14,21H,12-13H2,1-4H3,(H,24,26). The summed E-state index contributed by atoms with van der Waals surface area (Å²) in [6, 6.07) is 12.4. The van der Waals surface area contributed by atoms with Gasteiger partial charge in [0.2, 0.25) is 5.91 Å². The molecule has 4 nitrogen and oxygen atoms in total. The van der Waals surface area contributed by atoms with Gasteiger partial charge in [-0.25, -0.2) is 0 Å². The maximum atomic E-state index is 12.5. The van der Waals surface area contributed by atoms with Crippen molar-refractivity contribution in [1.82, 2.24) is 4.90 Å². The summed E-state index contributed by atoms with van der Waals surface area (Å²) in [5, 5.41) is 3.02. The summed E-state index contributed by atoms with van der Waals surface area (Å²) in [7, 11) is 1.84. The monoisotopic (exact) mass is 376 g/mol. The van der Waals surface area contributed by atoms with Crippen LogP contribution in [0.5, 0.6) is 5.75 Å². The predicted molar refractivity (Wildman–Crippen MR) is 103 cm³/mol. The minimum Gasteiger partial charge on any atom is -0.435 e. The molecule has 0 saturated heterocycles. The van der Waals surface area contributed by atoms with E-state index in [9.17, 15) is 13.6 Å². The molecule has 0 saturated carbocycles.